The molecule has 0 spiro atoms. The van der Waals surface area contributed by atoms with Gasteiger partial charge in [-0.3, -0.25) is 0 Å². The molecule has 19 heavy (non-hydrogen) atoms. The monoisotopic (exact) mass is 267 g/mol. The van der Waals surface area contributed by atoms with Gasteiger partial charge in [0, 0.05) is 24.6 Å². The Hall–Kier alpha value is -1.36. The van der Waals surface area contributed by atoms with Crippen LogP contribution in [-0.4, -0.2) is 36.3 Å². The molecule has 5 heteroatoms. The summed E-state index contributed by atoms with van der Waals surface area (Å²) in [4.78, 5) is 8.96. The molecule has 0 radical (unpaired) electrons. The second-order valence-electron chi connectivity index (χ2n) is 5.24. The molecule has 1 N–H and O–H groups in total. The van der Waals surface area contributed by atoms with Gasteiger partial charge in [-0.25, -0.2) is 4.98 Å². The first-order valence-corrected chi connectivity index (χ1v) is 6.81. The molecule has 0 aliphatic carbocycles. The Morgan fingerprint density at radius 1 is 1.16 bits per heavy atom. The average Bonchev–Trinajstić information content (AvgIpc) is 2.34. The fourth-order valence-electron chi connectivity index (χ4n) is 1.46. The maximum atomic E-state index is 5.61. The fourth-order valence-corrected chi connectivity index (χ4v) is 1.46. The van der Waals surface area contributed by atoms with E-state index >= 15 is 0 Å². The molecule has 0 bridgehead atoms. The van der Waals surface area contributed by atoms with Crippen LogP contribution in [0.4, 0.5) is 5.82 Å². The summed E-state index contributed by atoms with van der Waals surface area (Å²) in [7, 11) is 0. The van der Waals surface area contributed by atoms with Crippen molar-refractivity contribution in [3.8, 4) is 5.88 Å². The lowest BCUT2D eigenvalue weighted by Crippen LogP contribution is -2.18. The van der Waals surface area contributed by atoms with Gasteiger partial charge in [-0.15, -0.1) is 0 Å². The van der Waals surface area contributed by atoms with Crippen molar-refractivity contribution in [2.75, 3.05) is 31.7 Å². The zero-order valence-corrected chi connectivity index (χ0v) is 12.6. The SMILES string of the molecule is CCNc1cc(OCCOCC)nc(C(C)(C)C)n1. The third-order valence-electron chi connectivity index (χ3n) is 2.41. The second-order valence-corrected chi connectivity index (χ2v) is 5.24. The third-order valence-corrected chi connectivity index (χ3v) is 2.41. The topological polar surface area (TPSA) is 56.3 Å². The molecule has 0 unspecified atom stereocenters. The molecule has 1 aromatic heterocycles. The molecule has 0 amide bonds. The van der Waals surface area contributed by atoms with E-state index in [1.165, 1.54) is 0 Å². The summed E-state index contributed by atoms with van der Waals surface area (Å²) in [5.41, 5.74) is -0.108. The molecule has 0 saturated heterocycles. The van der Waals surface area contributed by atoms with Gasteiger partial charge in [-0.1, -0.05) is 20.8 Å². The van der Waals surface area contributed by atoms with Crippen LogP contribution in [0, 0.1) is 0 Å². The summed E-state index contributed by atoms with van der Waals surface area (Å²) in [6.45, 7) is 12.8. The first kappa shape index (κ1) is 15.7. The maximum absolute atomic E-state index is 5.61. The van der Waals surface area contributed by atoms with Crippen molar-refractivity contribution < 1.29 is 9.47 Å². The van der Waals surface area contributed by atoms with Gasteiger partial charge in [0.05, 0.1) is 6.61 Å². The van der Waals surface area contributed by atoms with Gasteiger partial charge in [0.25, 0.3) is 0 Å². The average molecular weight is 267 g/mol. The highest BCUT2D eigenvalue weighted by molar-refractivity contribution is 5.39. The highest BCUT2D eigenvalue weighted by Gasteiger charge is 2.19. The first-order valence-electron chi connectivity index (χ1n) is 6.81. The summed E-state index contributed by atoms with van der Waals surface area (Å²) < 4.78 is 10.9. The molecule has 0 atom stereocenters. The molecule has 0 aromatic carbocycles. The number of nitrogens with zero attached hydrogens (tertiary/aromatic N) is 2. The lowest BCUT2D eigenvalue weighted by molar-refractivity contribution is 0.108. The van der Waals surface area contributed by atoms with Crippen molar-refractivity contribution in [1.29, 1.82) is 0 Å². The van der Waals surface area contributed by atoms with Crippen LogP contribution in [0.25, 0.3) is 0 Å². The summed E-state index contributed by atoms with van der Waals surface area (Å²) in [5.74, 6) is 2.17. The molecule has 0 fully saturated rings. The van der Waals surface area contributed by atoms with Crippen LogP contribution in [0.3, 0.4) is 0 Å². The predicted molar refractivity (Wildman–Crippen MR) is 76.9 cm³/mol. The molecular weight excluding hydrogens is 242 g/mol. The zero-order chi connectivity index (χ0) is 14.3. The van der Waals surface area contributed by atoms with E-state index in [0.717, 1.165) is 18.2 Å². The minimum Gasteiger partial charge on any atom is -0.475 e. The van der Waals surface area contributed by atoms with Gasteiger partial charge in [0.1, 0.15) is 18.2 Å². The smallest absolute Gasteiger partial charge is 0.218 e. The van der Waals surface area contributed by atoms with Crippen LogP contribution in [0.15, 0.2) is 6.07 Å². The molecule has 0 aliphatic heterocycles. The molecule has 0 saturated carbocycles. The molecule has 5 nitrogen and oxygen atoms in total. The molecule has 1 rings (SSSR count). The van der Waals surface area contributed by atoms with Crippen molar-refractivity contribution in [2.24, 2.45) is 0 Å². The lowest BCUT2D eigenvalue weighted by atomic mass is 9.96. The summed E-state index contributed by atoms with van der Waals surface area (Å²) in [6, 6.07) is 1.82. The number of aromatic nitrogens is 2. The molecule has 1 aromatic rings. The van der Waals surface area contributed by atoms with Gasteiger partial charge in [0.2, 0.25) is 5.88 Å². The van der Waals surface area contributed by atoms with Crippen LogP contribution in [0.5, 0.6) is 5.88 Å². The van der Waals surface area contributed by atoms with Crippen molar-refractivity contribution in [1.82, 2.24) is 9.97 Å². The van der Waals surface area contributed by atoms with Crippen molar-refractivity contribution >= 4 is 5.82 Å². The Balaban J connectivity index is 2.81. The Kier molecular flexibility index (Phi) is 6.02. The van der Waals surface area contributed by atoms with E-state index in [9.17, 15) is 0 Å². The summed E-state index contributed by atoms with van der Waals surface area (Å²) >= 11 is 0. The maximum Gasteiger partial charge on any atom is 0.218 e. The van der Waals surface area contributed by atoms with Gasteiger partial charge in [0.15, 0.2) is 0 Å². The van der Waals surface area contributed by atoms with Crippen LogP contribution >= 0.6 is 0 Å². The third kappa shape index (κ3) is 5.42. The van der Waals surface area contributed by atoms with E-state index in [1.807, 2.05) is 19.9 Å². The Bertz CT molecular complexity index is 389. The minimum atomic E-state index is -0.108. The number of hydrogen-bond donors (Lipinski definition) is 1. The molecular formula is C14H25N3O2. The standard InChI is InChI=1S/C14H25N3O2/c1-6-15-11-10-12(19-9-8-18-7-2)17-13(16-11)14(3,4)5/h10H,6-9H2,1-5H3,(H,15,16,17). The van der Waals surface area contributed by atoms with E-state index in [0.29, 0.717) is 25.7 Å². The van der Waals surface area contributed by atoms with E-state index in [1.54, 1.807) is 0 Å². The Labute approximate surface area is 115 Å². The van der Waals surface area contributed by atoms with E-state index in [4.69, 9.17) is 9.47 Å². The van der Waals surface area contributed by atoms with Crippen molar-refractivity contribution in [2.45, 2.75) is 40.0 Å². The summed E-state index contributed by atoms with van der Waals surface area (Å²) in [5, 5.41) is 3.20. The predicted octanol–water partition coefficient (Wildman–Crippen LogP) is 2.62. The fraction of sp³-hybridized carbons (Fsp3) is 0.714. The van der Waals surface area contributed by atoms with Crippen molar-refractivity contribution in [3.05, 3.63) is 11.9 Å². The van der Waals surface area contributed by atoms with E-state index in [-0.39, 0.29) is 5.41 Å². The largest absolute Gasteiger partial charge is 0.475 e. The van der Waals surface area contributed by atoms with Crippen LogP contribution in [0.1, 0.15) is 40.4 Å². The second kappa shape index (κ2) is 7.28. The lowest BCUT2D eigenvalue weighted by Gasteiger charge is -2.18. The number of rotatable bonds is 7. The van der Waals surface area contributed by atoms with E-state index in [2.05, 4.69) is 36.1 Å². The number of anilines is 1. The highest BCUT2D eigenvalue weighted by atomic mass is 16.5. The number of hydrogen-bond acceptors (Lipinski definition) is 5. The normalized spacial score (nSPS) is 11.4. The number of ether oxygens (including phenoxy) is 2. The highest BCUT2D eigenvalue weighted by Crippen LogP contribution is 2.23. The van der Waals surface area contributed by atoms with Gasteiger partial charge >= 0.3 is 0 Å². The molecule has 108 valence electrons. The van der Waals surface area contributed by atoms with Gasteiger partial charge < -0.3 is 14.8 Å². The minimum absolute atomic E-state index is 0.108. The van der Waals surface area contributed by atoms with Gasteiger partial charge in [-0.05, 0) is 13.8 Å². The van der Waals surface area contributed by atoms with Crippen LogP contribution < -0.4 is 10.1 Å². The van der Waals surface area contributed by atoms with Crippen molar-refractivity contribution in [3.63, 3.8) is 0 Å². The molecule has 1 heterocycles. The zero-order valence-electron chi connectivity index (χ0n) is 12.6. The quantitative estimate of drug-likeness (QED) is 0.770. The van der Waals surface area contributed by atoms with Gasteiger partial charge in [-0.2, -0.15) is 4.98 Å². The van der Waals surface area contributed by atoms with Crippen LogP contribution in [0.2, 0.25) is 0 Å². The van der Waals surface area contributed by atoms with E-state index < -0.39 is 0 Å². The number of nitrogens with one attached hydrogen (secondary N) is 1. The molecule has 0 aliphatic rings. The Morgan fingerprint density at radius 3 is 2.47 bits per heavy atom. The van der Waals surface area contributed by atoms with Crippen LogP contribution in [-0.2, 0) is 10.2 Å². The Morgan fingerprint density at radius 2 is 1.89 bits per heavy atom. The summed E-state index contributed by atoms with van der Waals surface area (Å²) in [6.07, 6.45) is 0. The first-order chi connectivity index (χ1) is 8.97.